The molecule has 3 aromatic rings. The number of rotatable bonds is 11. The van der Waals surface area contributed by atoms with Crippen molar-refractivity contribution in [3.05, 3.63) is 86.6 Å². The second kappa shape index (κ2) is 12.9. The maximum absolute atomic E-state index is 13.4. The maximum Gasteiger partial charge on any atom is 0.320 e. The Morgan fingerprint density at radius 1 is 1.10 bits per heavy atom. The molecule has 1 aliphatic carbocycles. The second-order valence-corrected chi connectivity index (χ2v) is 14.0. The highest BCUT2D eigenvalue weighted by molar-refractivity contribution is 7.11. The fraction of sp³-hybridized carbons (Fsp3) is 0.543. The summed E-state index contributed by atoms with van der Waals surface area (Å²) in [7, 11) is 0. The van der Waals surface area contributed by atoms with Gasteiger partial charge >= 0.3 is 5.97 Å². The highest BCUT2D eigenvalue weighted by Gasteiger charge is 2.42. The lowest BCUT2D eigenvalue weighted by atomic mass is 9.86. The van der Waals surface area contributed by atoms with E-state index in [0.717, 1.165) is 75.4 Å². The molecular weight excluding hydrogens is 545 g/mol. The van der Waals surface area contributed by atoms with Gasteiger partial charge in [-0.1, -0.05) is 61.7 Å². The lowest BCUT2D eigenvalue weighted by Gasteiger charge is -2.34. The van der Waals surface area contributed by atoms with Crippen LogP contribution in [0.1, 0.15) is 83.1 Å². The van der Waals surface area contributed by atoms with E-state index < -0.39 is 5.97 Å². The number of hydrogen-bond acceptors (Lipinski definition) is 5. The topological polar surface area (TPSA) is 56.7 Å². The Kier molecular flexibility index (Phi) is 9.08. The van der Waals surface area contributed by atoms with Gasteiger partial charge in [-0.05, 0) is 86.7 Å². The number of carbonyl (C=O) groups is 1. The van der Waals surface area contributed by atoms with Crippen LogP contribution >= 0.6 is 11.3 Å². The van der Waals surface area contributed by atoms with Crippen LogP contribution in [-0.4, -0.2) is 64.6 Å². The van der Waals surface area contributed by atoms with Crippen LogP contribution in [0.5, 0.6) is 0 Å². The van der Waals surface area contributed by atoms with E-state index in [4.69, 9.17) is 4.98 Å². The van der Waals surface area contributed by atoms with Gasteiger partial charge in [-0.2, -0.15) is 0 Å². The quantitative estimate of drug-likeness (QED) is 0.264. The Labute approximate surface area is 253 Å². The molecule has 7 heteroatoms. The van der Waals surface area contributed by atoms with Crippen molar-refractivity contribution in [2.75, 3.05) is 32.7 Å². The van der Waals surface area contributed by atoms with Gasteiger partial charge in [0.05, 0.1) is 10.7 Å². The van der Waals surface area contributed by atoms with Crippen molar-refractivity contribution in [1.82, 2.24) is 14.8 Å². The van der Waals surface area contributed by atoms with Crippen molar-refractivity contribution in [3.8, 4) is 0 Å². The zero-order valence-electron chi connectivity index (χ0n) is 25.0. The molecule has 0 bridgehead atoms. The van der Waals surface area contributed by atoms with Gasteiger partial charge in [0.1, 0.15) is 11.9 Å². The average molecular weight is 590 g/mol. The first kappa shape index (κ1) is 29.5. The highest BCUT2D eigenvalue weighted by Crippen LogP contribution is 2.41. The summed E-state index contributed by atoms with van der Waals surface area (Å²) >= 11 is 1.85. The first-order valence-electron chi connectivity index (χ1n) is 15.8. The van der Waals surface area contributed by atoms with Gasteiger partial charge in [-0.25, -0.2) is 9.37 Å². The van der Waals surface area contributed by atoms with Crippen LogP contribution < -0.4 is 0 Å². The minimum atomic E-state index is -0.651. The number of carboxylic acid groups (broad SMARTS) is 1. The standard InChI is InChI=1S/C35H44FN3O2S/c1-3-31-34(42-33(37-31)19-25-9-11-29(36)12-10-25)26-13-15-38(16-14-26)20-28-21-39(32(35(40)41)18-24-7-8-24)22-30(28)27-6-4-5-23(2)17-27/h4-6,9-12,17,24,26,28,30,32H,3,7-8,13-16,18-22H2,1-2H3,(H,40,41). The van der Waals surface area contributed by atoms with E-state index in [1.54, 1.807) is 0 Å². The third-order valence-electron chi connectivity index (χ3n) is 9.75. The molecule has 3 atom stereocenters. The third-order valence-corrected chi connectivity index (χ3v) is 11.0. The van der Waals surface area contributed by atoms with Crippen LogP contribution in [0, 0.1) is 24.6 Å². The Hall–Kier alpha value is -2.61. The van der Waals surface area contributed by atoms with E-state index in [1.165, 1.54) is 46.7 Å². The first-order chi connectivity index (χ1) is 20.4. The SMILES string of the molecule is CCc1nc(Cc2ccc(F)cc2)sc1C1CCN(CC2CN(C(CC3CC3)C(=O)O)CC2c2cccc(C)c2)CC1. The smallest absolute Gasteiger partial charge is 0.320 e. The van der Waals surface area contributed by atoms with Crippen LogP contribution in [0.15, 0.2) is 48.5 Å². The molecule has 1 aromatic heterocycles. The number of piperidine rings is 1. The van der Waals surface area contributed by atoms with Crippen LogP contribution in [0.3, 0.4) is 0 Å². The van der Waals surface area contributed by atoms with E-state index >= 15 is 0 Å². The predicted molar refractivity (Wildman–Crippen MR) is 167 cm³/mol. The van der Waals surface area contributed by atoms with Gasteiger partial charge in [0.25, 0.3) is 0 Å². The molecule has 2 aliphatic heterocycles. The fourth-order valence-electron chi connectivity index (χ4n) is 7.25. The second-order valence-electron chi connectivity index (χ2n) is 12.9. The van der Waals surface area contributed by atoms with Crippen LogP contribution in [-0.2, 0) is 17.6 Å². The van der Waals surface area contributed by atoms with E-state index in [2.05, 4.69) is 47.9 Å². The number of benzene rings is 2. The van der Waals surface area contributed by atoms with Crippen LogP contribution in [0.2, 0.25) is 0 Å². The molecule has 3 heterocycles. The number of aromatic nitrogens is 1. The number of likely N-dealkylation sites (tertiary alicyclic amines) is 2. The molecule has 3 fully saturated rings. The molecule has 0 spiro atoms. The summed E-state index contributed by atoms with van der Waals surface area (Å²) in [6, 6.07) is 15.3. The first-order valence-corrected chi connectivity index (χ1v) is 16.7. The lowest BCUT2D eigenvalue weighted by Crippen LogP contribution is -2.41. The largest absolute Gasteiger partial charge is 0.480 e. The third kappa shape index (κ3) is 6.95. The summed E-state index contributed by atoms with van der Waals surface area (Å²) in [5.41, 5.74) is 4.97. The molecule has 224 valence electrons. The van der Waals surface area contributed by atoms with Crippen molar-refractivity contribution in [1.29, 1.82) is 0 Å². The number of aliphatic carboxylic acids is 1. The van der Waals surface area contributed by atoms with Crippen molar-refractivity contribution in [2.24, 2.45) is 11.8 Å². The number of aryl methyl sites for hydroxylation is 2. The summed E-state index contributed by atoms with van der Waals surface area (Å²) in [5, 5.41) is 11.3. The Balaban J connectivity index is 1.11. The molecule has 1 N–H and O–H groups in total. The fourth-order valence-corrected chi connectivity index (χ4v) is 8.60. The van der Waals surface area contributed by atoms with Gasteiger partial charge in [0, 0.05) is 36.9 Å². The molecule has 6 rings (SSSR count). The van der Waals surface area contributed by atoms with Crippen molar-refractivity contribution >= 4 is 17.3 Å². The summed E-state index contributed by atoms with van der Waals surface area (Å²) in [4.78, 5) is 23.7. The minimum Gasteiger partial charge on any atom is -0.480 e. The van der Waals surface area contributed by atoms with Crippen molar-refractivity contribution in [3.63, 3.8) is 0 Å². The van der Waals surface area contributed by atoms with Gasteiger partial charge in [-0.3, -0.25) is 9.69 Å². The van der Waals surface area contributed by atoms with Crippen molar-refractivity contribution < 1.29 is 14.3 Å². The lowest BCUT2D eigenvalue weighted by molar-refractivity contribution is -0.143. The number of thiazole rings is 1. The van der Waals surface area contributed by atoms with Gasteiger partial charge < -0.3 is 10.0 Å². The summed E-state index contributed by atoms with van der Waals surface area (Å²) in [5.74, 6) is 1.08. The number of carboxylic acids is 1. The van der Waals surface area contributed by atoms with Gasteiger partial charge in [-0.15, -0.1) is 11.3 Å². The maximum atomic E-state index is 13.4. The molecular formula is C35H44FN3O2S. The summed E-state index contributed by atoms with van der Waals surface area (Å²) in [6.07, 6.45) is 7.14. The van der Waals surface area contributed by atoms with E-state index in [9.17, 15) is 14.3 Å². The van der Waals surface area contributed by atoms with Crippen LogP contribution in [0.25, 0.3) is 0 Å². The molecule has 0 radical (unpaired) electrons. The number of halogens is 1. The van der Waals surface area contributed by atoms with E-state index in [0.29, 0.717) is 23.7 Å². The van der Waals surface area contributed by atoms with Gasteiger partial charge in [0.2, 0.25) is 0 Å². The monoisotopic (exact) mass is 589 g/mol. The average Bonchev–Trinajstić information content (AvgIpc) is 3.58. The minimum absolute atomic E-state index is 0.199. The molecule has 0 amide bonds. The number of nitrogens with zero attached hydrogens (tertiary/aromatic N) is 3. The molecule has 2 aromatic carbocycles. The predicted octanol–water partition coefficient (Wildman–Crippen LogP) is 6.89. The summed E-state index contributed by atoms with van der Waals surface area (Å²) < 4.78 is 13.4. The number of hydrogen-bond donors (Lipinski definition) is 1. The zero-order chi connectivity index (χ0) is 29.2. The Bertz CT molecular complexity index is 1360. The molecule has 5 nitrogen and oxygen atoms in total. The van der Waals surface area contributed by atoms with Crippen molar-refractivity contribution in [2.45, 2.75) is 76.7 Å². The van der Waals surface area contributed by atoms with E-state index in [1.807, 2.05) is 23.5 Å². The zero-order valence-corrected chi connectivity index (χ0v) is 25.8. The molecule has 1 saturated carbocycles. The molecule has 2 saturated heterocycles. The molecule has 3 aliphatic rings. The normalized spacial score (nSPS) is 22.9. The highest BCUT2D eigenvalue weighted by atomic mass is 32.1. The summed E-state index contributed by atoms with van der Waals surface area (Å²) in [6.45, 7) is 9.21. The Morgan fingerprint density at radius 3 is 2.52 bits per heavy atom. The van der Waals surface area contributed by atoms with Gasteiger partial charge in [0.15, 0.2) is 0 Å². The van der Waals surface area contributed by atoms with E-state index in [-0.39, 0.29) is 11.9 Å². The molecule has 3 unspecified atom stereocenters. The molecule has 42 heavy (non-hydrogen) atoms. The Morgan fingerprint density at radius 2 is 1.86 bits per heavy atom. The van der Waals surface area contributed by atoms with Crippen LogP contribution in [0.4, 0.5) is 4.39 Å².